The number of sulfonamides is 1. The predicted molar refractivity (Wildman–Crippen MR) is 123 cm³/mol. The Labute approximate surface area is 193 Å². The molecule has 1 saturated heterocycles. The van der Waals surface area contributed by atoms with E-state index in [2.05, 4.69) is 5.32 Å². The summed E-state index contributed by atoms with van der Waals surface area (Å²) in [6.07, 6.45) is 1.27. The van der Waals surface area contributed by atoms with Crippen LogP contribution in [-0.2, 0) is 20.6 Å². The molecule has 1 amide bonds. The van der Waals surface area contributed by atoms with Crippen molar-refractivity contribution in [2.24, 2.45) is 5.92 Å². The molecule has 0 aromatic heterocycles. The van der Waals surface area contributed by atoms with Crippen molar-refractivity contribution in [3.8, 4) is 5.75 Å². The van der Waals surface area contributed by atoms with E-state index in [4.69, 9.17) is 27.9 Å². The van der Waals surface area contributed by atoms with E-state index in [-0.39, 0.29) is 24.2 Å². The number of amides is 1. The van der Waals surface area contributed by atoms with E-state index in [9.17, 15) is 13.2 Å². The minimum Gasteiger partial charge on any atom is -0.496 e. The van der Waals surface area contributed by atoms with Crippen LogP contribution < -0.4 is 10.1 Å². The largest absolute Gasteiger partial charge is 0.496 e. The van der Waals surface area contributed by atoms with E-state index in [1.807, 2.05) is 31.2 Å². The Kier molecular flexibility index (Phi) is 7.86. The highest BCUT2D eigenvalue weighted by molar-refractivity contribution is 7.88. The Bertz CT molecular complexity index is 1050. The SMILES string of the molecule is COc1ccccc1[C@H](C)NC(=O)[C@@H]1CCCN(S(=O)(=O)Cc2ccc(Cl)c(Cl)c2)C1. The summed E-state index contributed by atoms with van der Waals surface area (Å²) in [6.45, 7) is 2.45. The molecule has 2 aromatic rings. The molecule has 0 bridgehead atoms. The van der Waals surface area contributed by atoms with Crippen LogP contribution in [0.25, 0.3) is 0 Å². The van der Waals surface area contributed by atoms with Crippen LogP contribution >= 0.6 is 23.2 Å². The first-order valence-corrected chi connectivity index (χ1v) is 12.4. The fourth-order valence-corrected chi connectivity index (χ4v) is 5.69. The van der Waals surface area contributed by atoms with E-state index < -0.39 is 15.9 Å². The van der Waals surface area contributed by atoms with Gasteiger partial charge in [-0.2, -0.15) is 0 Å². The molecule has 0 spiro atoms. The second-order valence-corrected chi connectivity index (χ2v) is 10.5. The summed E-state index contributed by atoms with van der Waals surface area (Å²) in [4.78, 5) is 12.9. The number of hydrogen-bond donors (Lipinski definition) is 1. The summed E-state index contributed by atoms with van der Waals surface area (Å²) in [7, 11) is -2.00. The van der Waals surface area contributed by atoms with Crippen LogP contribution in [-0.4, -0.2) is 38.8 Å². The highest BCUT2D eigenvalue weighted by Crippen LogP contribution is 2.28. The number of benzene rings is 2. The molecule has 0 saturated carbocycles. The van der Waals surface area contributed by atoms with Crippen LogP contribution in [0.5, 0.6) is 5.75 Å². The fraction of sp³-hybridized carbons (Fsp3) is 0.409. The molecule has 3 rings (SSSR count). The van der Waals surface area contributed by atoms with Gasteiger partial charge in [-0.05, 0) is 43.5 Å². The second kappa shape index (κ2) is 10.2. The zero-order valence-electron chi connectivity index (χ0n) is 17.5. The average molecular weight is 485 g/mol. The van der Waals surface area contributed by atoms with E-state index in [0.717, 1.165) is 5.56 Å². The first kappa shape index (κ1) is 23.9. The van der Waals surface area contributed by atoms with Crippen LogP contribution in [0.2, 0.25) is 10.0 Å². The molecule has 1 fully saturated rings. The highest BCUT2D eigenvalue weighted by atomic mass is 35.5. The van der Waals surface area contributed by atoms with Gasteiger partial charge in [0.25, 0.3) is 0 Å². The van der Waals surface area contributed by atoms with Crippen LogP contribution in [0.4, 0.5) is 0 Å². The molecule has 9 heteroatoms. The number of methoxy groups -OCH3 is 1. The Morgan fingerprint density at radius 1 is 1.23 bits per heavy atom. The molecule has 1 aliphatic rings. The fourth-order valence-electron chi connectivity index (χ4n) is 3.77. The maximum atomic E-state index is 12.9. The minimum absolute atomic E-state index is 0.159. The first-order valence-electron chi connectivity index (χ1n) is 10.1. The van der Waals surface area contributed by atoms with Gasteiger partial charge in [-0.25, -0.2) is 12.7 Å². The van der Waals surface area contributed by atoms with Gasteiger partial charge in [-0.1, -0.05) is 47.5 Å². The third-order valence-electron chi connectivity index (χ3n) is 5.45. The quantitative estimate of drug-likeness (QED) is 0.630. The summed E-state index contributed by atoms with van der Waals surface area (Å²) in [5.74, 6) is -0.0531. The molecular weight excluding hydrogens is 459 g/mol. The molecular formula is C22H26Cl2N2O4S. The number of ether oxygens (including phenoxy) is 1. The molecule has 6 nitrogen and oxygen atoms in total. The lowest BCUT2D eigenvalue weighted by Crippen LogP contribution is -2.46. The monoisotopic (exact) mass is 484 g/mol. The van der Waals surface area contributed by atoms with Crippen molar-refractivity contribution >= 4 is 39.1 Å². The molecule has 2 atom stereocenters. The van der Waals surface area contributed by atoms with E-state index >= 15 is 0 Å². The van der Waals surface area contributed by atoms with Crippen molar-refractivity contribution in [1.29, 1.82) is 0 Å². The van der Waals surface area contributed by atoms with Gasteiger partial charge >= 0.3 is 0 Å². The van der Waals surface area contributed by atoms with Gasteiger partial charge in [0.1, 0.15) is 5.75 Å². The van der Waals surface area contributed by atoms with Gasteiger partial charge in [-0.3, -0.25) is 4.79 Å². The third-order valence-corrected chi connectivity index (χ3v) is 8.00. The number of carbonyl (C=O) groups is 1. The van der Waals surface area contributed by atoms with Gasteiger partial charge < -0.3 is 10.1 Å². The third kappa shape index (κ3) is 5.92. The summed E-state index contributed by atoms with van der Waals surface area (Å²) in [5.41, 5.74) is 1.43. The molecule has 1 aliphatic heterocycles. The van der Waals surface area contributed by atoms with Gasteiger partial charge in [-0.15, -0.1) is 0 Å². The van der Waals surface area contributed by atoms with Crippen LogP contribution in [0.15, 0.2) is 42.5 Å². The maximum Gasteiger partial charge on any atom is 0.224 e. The lowest BCUT2D eigenvalue weighted by atomic mass is 9.97. The Balaban J connectivity index is 1.66. The van der Waals surface area contributed by atoms with E-state index in [1.54, 1.807) is 25.3 Å². The molecule has 1 N–H and O–H groups in total. The maximum absolute atomic E-state index is 12.9. The van der Waals surface area contributed by atoms with Crippen molar-refractivity contribution in [2.75, 3.05) is 20.2 Å². The lowest BCUT2D eigenvalue weighted by molar-refractivity contribution is -0.126. The molecule has 1 heterocycles. The molecule has 0 unspecified atom stereocenters. The van der Waals surface area contributed by atoms with Crippen molar-refractivity contribution < 1.29 is 17.9 Å². The van der Waals surface area contributed by atoms with Crippen molar-refractivity contribution in [3.05, 3.63) is 63.6 Å². The highest BCUT2D eigenvalue weighted by Gasteiger charge is 2.33. The van der Waals surface area contributed by atoms with Crippen molar-refractivity contribution in [2.45, 2.75) is 31.6 Å². The number of piperidine rings is 1. The zero-order valence-corrected chi connectivity index (χ0v) is 19.8. The Morgan fingerprint density at radius 3 is 2.68 bits per heavy atom. The number of para-hydroxylation sites is 1. The Morgan fingerprint density at radius 2 is 1.97 bits per heavy atom. The summed E-state index contributed by atoms with van der Waals surface area (Å²) >= 11 is 11.9. The summed E-state index contributed by atoms with van der Waals surface area (Å²) in [5, 5.41) is 3.70. The number of rotatable bonds is 7. The molecule has 2 aromatic carbocycles. The molecule has 168 valence electrons. The van der Waals surface area contributed by atoms with Gasteiger partial charge in [0.2, 0.25) is 15.9 Å². The normalized spacial score (nSPS) is 18.4. The van der Waals surface area contributed by atoms with Crippen LogP contribution in [0.3, 0.4) is 0 Å². The number of carbonyl (C=O) groups excluding carboxylic acids is 1. The topological polar surface area (TPSA) is 75.7 Å². The van der Waals surface area contributed by atoms with Crippen LogP contribution in [0, 0.1) is 5.92 Å². The number of nitrogens with one attached hydrogen (secondary N) is 1. The smallest absolute Gasteiger partial charge is 0.224 e. The predicted octanol–water partition coefficient (Wildman–Crippen LogP) is 4.42. The second-order valence-electron chi connectivity index (χ2n) is 7.67. The van der Waals surface area contributed by atoms with Gasteiger partial charge in [0.15, 0.2) is 0 Å². The van der Waals surface area contributed by atoms with Crippen LogP contribution in [0.1, 0.15) is 36.9 Å². The summed E-state index contributed by atoms with van der Waals surface area (Å²) in [6, 6.07) is 12.0. The number of hydrogen-bond acceptors (Lipinski definition) is 4. The van der Waals surface area contributed by atoms with Crippen molar-refractivity contribution in [1.82, 2.24) is 9.62 Å². The summed E-state index contributed by atoms with van der Waals surface area (Å²) < 4.78 is 32.7. The van der Waals surface area contributed by atoms with Gasteiger partial charge in [0.05, 0.1) is 34.9 Å². The molecule has 0 radical (unpaired) electrons. The zero-order chi connectivity index (χ0) is 22.6. The number of nitrogens with zero attached hydrogens (tertiary/aromatic N) is 1. The molecule has 31 heavy (non-hydrogen) atoms. The Hall–Kier alpha value is -1.80. The molecule has 0 aliphatic carbocycles. The number of halogens is 2. The van der Waals surface area contributed by atoms with E-state index in [1.165, 1.54) is 4.31 Å². The minimum atomic E-state index is -3.59. The van der Waals surface area contributed by atoms with E-state index in [0.29, 0.717) is 40.7 Å². The van der Waals surface area contributed by atoms with Gasteiger partial charge in [0, 0.05) is 18.7 Å². The standard InChI is InChI=1S/C22H26Cl2N2O4S/c1-15(18-7-3-4-8-21(18)30-2)25-22(27)17-6-5-11-26(13-17)31(28,29)14-16-9-10-19(23)20(24)12-16/h3-4,7-10,12,15,17H,5-6,11,13-14H2,1-2H3,(H,25,27)/t15-,17+/m0/s1. The average Bonchev–Trinajstić information content (AvgIpc) is 2.76. The van der Waals surface area contributed by atoms with Crippen molar-refractivity contribution in [3.63, 3.8) is 0 Å². The first-order chi connectivity index (χ1) is 14.7. The lowest BCUT2D eigenvalue weighted by Gasteiger charge is -2.32.